The molecule has 3 amide bonds. The summed E-state index contributed by atoms with van der Waals surface area (Å²) < 4.78 is 32.7. The topological polar surface area (TPSA) is 88.3 Å². The molecule has 0 radical (unpaired) electrons. The molecule has 26 heavy (non-hydrogen) atoms. The average molecular weight is 364 g/mol. The molecule has 1 N–H and O–H groups in total. The molecule has 1 aliphatic rings. The summed E-state index contributed by atoms with van der Waals surface area (Å²) in [5.74, 6) is -1.35. The van der Waals surface area contributed by atoms with E-state index >= 15 is 0 Å². The molecule has 2 aromatic rings. The number of benzene rings is 1. The molecule has 1 aliphatic heterocycles. The molecule has 2 heterocycles. The standard InChI is InChI=1S/C17H18F2N4O3/c1-9(2)6-13-20-14(26-22-13)8-23-15(24)17(3,21-16(23)25)11-7-10(18)4-5-12(11)19/h4-5,7,9H,6,8H2,1-3H3,(H,21,25). The SMILES string of the molecule is CC(C)Cc1noc(CN2C(=O)NC(C)(c3cc(F)ccc3F)C2=O)n1. The van der Waals surface area contributed by atoms with Crippen molar-refractivity contribution in [3.63, 3.8) is 0 Å². The molecule has 0 bridgehead atoms. The third-order valence-electron chi connectivity index (χ3n) is 4.14. The second-order valence-corrected chi connectivity index (χ2v) is 6.77. The average Bonchev–Trinajstić information content (AvgIpc) is 3.08. The Labute approximate surface area is 148 Å². The summed E-state index contributed by atoms with van der Waals surface area (Å²) in [6.45, 7) is 5.06. The van der Waals surface area contributed by atoms with Crippen LogP contribution in [0.15, 0.2) is 22.7 Å². The monoisotopic (exact) mass is 364 g/mol. The Kier molecular flexibility index (Phi) is 4.47. The van der Waals surface area contributed by atoms with Crippen LogP contribution in [-0.2, 0) is 23.3 Å². The van der Waals surface area contributed by atoms with Crippen molar-refractivity contribution in [1.29, 1.82) is 0 Å². The minimum absolute atomic E-state index is 0.0908. The summed E-state index contributed by atoms with van der Waals surface area (Å²) in [6, 6.07) is 2.00. The Hall–Kier alpha value is -2.84. The van der Waals surface area contributed by atoms with Crippen molar-refractivity contribution in [3.8, 4) is 0 Å². The van der Waals surface area contributed by atoms with Gasteiger partial charge in [0.1, 0.15) is 23.7 Å². The molecule has 3 rings (SSSR count). The first kappa shape index (κ1) is 18.0. The van der Waals surface area contributed by atoms with Gasteiger partial charge in [0.05, 0.1) is 0 Å². The normalized spacial score (nSPS) is 20.2. The zero-order valence-electron chi connectivity index (χ0n) is 14.5. The molecule has 1 unspecified atom stereocenters. The van der Waals surface area contributed by atoms with E-state index in [0.29, 0.717) is 18.2 Å². The third-order valence-corrected chi connectivity index (χ3v) is 4.14. The lowest BCUT2D eigenvalue weighted by atomic mass is 9.91. The van der Waals surface area contributed by atoms with Crippen molar-refractivity contribution >= 4 is 11.9 Å². The number of imide groups is 1. The maximum Gasteiger partial charge on any atom is 0.325 e. The fourth-order valence-corrected chi connectivity index (χ4v) is 2.84. The van der Waals surface area contributed by atoms with Crippen molar-refractivity contribution in [3.05, 3.63) is 47.1 Å². The van der Waals surface area contributed by atoms with Gasteiger partial charge in [-0.25, -0.2) is 13.6 Å². The minimum Gasteiger partial charge on any atom is -0.337 e. The summed E-state index contributed by atoms with van der Waals surface area (Å²) in [7, 11) is 0. The molecule has 1 aromatic carbocycles. The van der Waals surface area contributed by atoms with Crippen molar-refractivity contribution in [1.82, 2.24) is 20.4 Å². The van der Waals surface area contributed by atoms with Gasteiger partial charge >= 0.3 is 6.03 Å². The minimum atomic E-state index is -1.72. The molecule has 1 fully saturated rings. The number of carbonyl (C=O) groups is 2. The first-order valence-electron chi connectivity index (χ1n) is 8.12. The van der Waals surface area contributed by atoms with Gasteiger partial charge in [0.15, 0.2) is 5.82 Å². The van der Waals surface area contributed by atoms with Gasteiger partial charge in [-0.2, -0.15) is 4.98 Å². The largest absolute Gasteiger partial charge is 0.337 e. The van der Waals surface area contributed by atoms with E-state index in [0.717, 1.165) is 23.1 Å². The van der Waals surface area contributed by atoms with Crippen molar-refractivity contribution < 1.29 is 22.9 Å². The van der Waals surface area contributed by atoms with Crippen LogP contribution in [0.1, 0.15) is 38.0 Å². The van der Waals surface area contributed by atoms with Gasteiger partial charge in [-0.3, -0.25) is 9.69 Å². The maximum absolute atomic E-state index is 14.1. The van der Waals surface area contributed by atoms with Gasteiger partial charge in [-0.05, 0) is 31.0 Å². The summed E-state index contributed by atoms with van der Waals surface area (Å²) >= 11 is 0. The van der Waals surface area contributed by atoms with E-state index < -0.39 is 29.1 Å². The van der Waals surface area contributed by atoms with Gasteiger partial charge in [0.2, 0.25) is 5.89 Å². The third kappa shape index (κ3) is 3.16. The van der Waals surface area contributed by atoms with Crippen LogP contribution in [0.4, 0.5) is 13.6 Å². The molecular weight excluding hydrogens is 346 g/mol. The predicted molar refractivity (Wildman–Crippen MR) is 85.6 cm³/mol. The lowest BCUT2D eigenvalue weighted by molar-refractivity contribution is -0.131. The second kappa shape index (κ2) is 6.47. The molecule has 0 saturated carbocycles. The van der Waals surface area contributed by atoms with Gasteiger partial charge in [-0.15, -0.1) is 0 Å². The smallest absolute Gasteiger partial charge is 0.325 e. The number of urea groups is 1. The number of hydrogen-bond donors (Lipinski definition) is 1. The molecule has 1 saturated heterocycles. The maximum atomic E-state index is 14.1. The lowest BCUT2D eigenvalue weighted by Crippen LogP contribution is -2.41. The van der Waals surface area contributed by atoms with E-state index in [1.165, 1.54) is 6.92 Å². The summed E-state index contributed by atoms with van der Waals surface area (Å²) in [5, 5.41) is 6.22. The summed E-state index contributed by atoms with van der Waals surface area (Å²) in [5.41, 5.74) is -1.96. The number of hydrogen-bond acceptors (Lipinski definition) is 5. The Balaban J connectivity index is 1.85. The first-order valence-corrected chi connectivity index (χ1v) is 8.12. The number of rotatable bonds is 5. The zero-order valence-corrected chi connectivity index (χ0v) is 14.5. The quantitative estimate of drug-likeness (QED) is 0.824. The fraction of sp³-hybridized carbons (Fsp3) is 0.412. The molecule has 1 aromatic heterocycles. The Bertz CT molecular complexity index is 867. The number of amides is 3. The highest BCUT2D eigenvalue weighted by Crippen LogP contribution is 2.31. The summed E-state index contributed by atoms with van der Waals surface area (Å²) in [4.78, 5) is 30.0. The van der Waals surface area contributed by atoms with Gasteiger partial charge in [-0.1, -0.05) is 19.0 Å². The highest BCUT2D eigenvalue weighted by molar-refractivity contribution is 6.07. The lowest BCUT2D eigenvalue weighted by Gasteiger charge is -2.22. The van der Waals surface area contributed by atoms with E-state index in [-0.39, 0.29) is 18.0 Å². The van der Waals surface area contributed by atoms with Crippen LogP contribution in [-0.4, -0.2) is 27.0 Å². The molecule has 138 valence electrons. The highest BCUT2D eigenvalue weighted by Gasteiger charge is 2.50. The fourth-order valence-electron chi connectivity index (χ4n) is 2.84. The molecule has 0 spiro atoms. The van der Waals surface area contributed by atoms with Crippen LogP contribution in [0.25, 0.3) is 0 Å². The molecule has 9 heteroatoms. The van der Waals surface area contributed by atoms with Crippen LogP contribution in [0, 0.1) is 17.6 Å². The number of carbonyl (C=O) groups excluding carboxylic acids is 2. The molecular formula is C17H18F2N4O3. The van der Waals surface area contributed by atoms with E-state index in [1.54, 1.807) is 0 Å². The number of nitrogens with zero attached hydrogens (tertiary/aromatic N) is 3. The Morgan fingerprint density at radius 2 is 2.04 bits per heavy atom. The Morgan fingerprint density at radius 3 is 2.73 bits per heavy atom. The highest BCUT2D eigenvalue weighted by atomic mass is 19.1. The van der Waals surface area contributed by atoms with Gasteiger partial charge in [0, 0.05) is 12.0 Å². The van der Waals surface area contributed by atoms with Crippen molar-refractivity contribution in [2.45, 2.75) is 39.3 Å². The first-order chi connectivity index (χ1) is 12.2. The van der Waals surface area contributed by atoms with E-state index in [4.69, 9.17) is 4.52 Å². The van der Waals surface area contributed by atoms with Gasteiger partial charge in [0.25, 0.3) is 5.91 Å². The molecule has 7 nitrogen and oxygen atoms in total. The number of nitrogens with one attached hydrogen (secondary N) is 1. The summed E-state index contributed by atoms with van der Waals surface area (Å²) in [6.07, 6.45) is 0.593. The van der Waals surface area contributed by atoms with Crippen LogP contribution in [0.5, 0.6) is 0 Å². The van der Waals surface area contributed by atoms with E-state index in [2.05, 4.69) is 15.5 Å². The van der Waals surface area contributed by atoms with E-state index in [1.807, 2.05) is 13.8 Å². The van der Waals surface area contributed by atoms with Crippen LogP contribution in [0.3, 0.4) is 0 Å². The molecule has 1 atom stereocenters. The second-order valence-electron chi connectivity index (χ2n) is 6.77. The van der Waals surface area contributed by atoms with Crippen LogP contribution >= 0.6 is 0 Å². The zero-order chi connectivity index (χ0) is 19.1. The van der Waals surface area contributed by atoms with Crippen molar-refractivity contribution in [2.75, 3.05) is 0 Å². The number of halogens is 2. The number of aromatic nitrogens is 2. The van der Waals surface area contributed by atoms with Crippen molar-refractivity contribution in [2.24, 2.45) is 5.92 Å². The van der Waals surface area contributed by atoms with Crippen LogP contribution in [0.2, 0.25) is 0 Å². The Morgan fingerprint density at radius 1 is 1.31 bits per heavy atom. The van der Waals surface area contributed by atoms with E-state index in [9.17, 15) is 18.4 Å². The van der Waals surface area contributed by atoms with Gasteiger partial charge < -0.3 is 9.84 Å². The van der Waals surface area contributed by atoms with Crippen LogP contribution < -0.4 is 5.32 Å². The predicted octanol–water partition coefficient (Wildman–Crippen LogP) is 2.51. The molecule has 0 aliphatic carbocycles.